The minimum absolute atomic E-state index is 0.179. The molecule has 70 valence electrons. The van der Waals surface area contributed by atoms with Gasteiger partial charge in [0.1, 0.15) is 0 Å². The Labute approximate surface area is 73.9 Å². The topological polar surface area (TPSA) is 41.1 Å². The van der Waals surface area contributed by atoms with E-state index in [1.54, 1.807) is 0 Å². The lowest BCUT2D eigenvalue weighted by atomic mass is 9.88. The molecule has 3 nitrogen and oxygen atoms in total. The summed E-state index contributed by atoms with van der Waals surface area (Å²) < 4.78 is 0. The second-order valence-corrected chi connectivity index (χ2v) is 3.50. The highest BCUT2D eigenvalue weighted by Crippen LogP contribution is 2.15. The molecular weight excluding hydrogens is 152 g/mol. The molecule has 1 aliphatic heterocycles. The number of rotatable bonds is 4. The first kappa shape index (κ1) is 9.52. The molecule has 0 aliphatic carbocycles. The Morgan fingerprint density at radius 2 is 2.33 bits per heavy atom. The summed E-state index contributed by atoms with van der Waals surface area (Å²) in [5, 5.41) is 6.09. The predicted molar refractivity (Wildman–Crippen MR) is 48.8 cm³/mol. The summed E-state index contributed by atoms with van der Waals surface area (Å²) in [6, 6.07) is 0. The van der Waals surface area contributed by atoms with Crippen molar-refractivity contribution in [1.29, 1.82) is 0 Å². The van der Waals surface area contributed by atoms with Gasteiger partial charge in [0.05, 0.1) is 0 Å². The van der Waals surface area contributed by atoms with E-state index < -0.39 is 0 Å². The fourth-order valence-electron chi connectivity index (χ4n) is 1.29. The van der Waals surface area contributed by atoms with Crippen molar-refractivity contribution in [2.45, 2.75) is 20.3 Å². The highest BCUT2D eigenvalue weighted by molar-refractivity contribution is 5.78. The molecule has 2 N–H and O–H groups in total. The van der Waals surface area contributed by atoms with Crippen molar-refractivity contribution >= 4 is 5.91 Å². The van der Waals surface area contributed by atoms with Gasteiger partial charge in [0.2, 0.25) is 5.91 Å². The van der Waals surface area contributed by atoms with E-state index in [9.17, 15) is 4.79 Å². The molecule has 1 aliphatic rings. The fourth-order valence-corrected chi connectivity index (χ4v) is 1.29. The van der Waals surface area contributed by atoms with Crippen molar-refractivity contribution in [3.63, 3.8) is 0 Å². The van der Waals surface area contributed by atoms with Gasteiger partial charge < -0.3 is 10.6 Å². The van der Waals surface area contributed by atoms with Gasteiger partial charge in [0.25, 0.3) is 0 Å². The van der Waals surface area contributed by atoms with Crippen LogP contribution in [0.5, 0.6) is 0 Å². The van der Waals surface area contributed by atoms with Gasteiger partial charge in [0.15, 0.2) is 0 Å². The molecule has 0 saturated carbocycles. The van der Waals surface area contributed by atoms with E-state index in [0.717, 1.165) is 26.1 Å². The highest BCUT2D eigenvalue weighted by atomic mass is 16.1. The van der Waals surface area contributed by atoms with Crippen LogP contribution in [0.4, 0.5) is 0 Å². The Balaban J connectivity index is 2.20. The largest absolute Gasteiger partial charge is 0.356 e. The van der Waals surface area contributed by atoms with Gasteiger partial charge in [-0.2, -0.15) is 0 Å². The first-order valence-electron chi connectivity index (χ1n) is 4.74. The number of amides is 1. The van der Waals surface area contributed by atoms with E-state index >= 15 is 0 Å². The molecule has 0 aromatic rings. The number of hydrogen-bond donors (Lipinski definition) is 2. The third kappa shape index (κ3) is 2.21. The van der Waals surface area contributed by atoms with Gasteiger partial charge in [-0.15, -0.1) is 0 Å². The summed E-state index contributed by atoms with van der Waals surface area (Å²) in [6.07, 6.45) is 1.02. The molecule has 1 amide bonds. The van der Waals surface area contributed by atoms with E-state index in [-0.39, 0.29) is 11.8 Å². The molecule has 0 aromatic heterocycles. The molecule has 3 heteroatoms. The number of hydrogen-bond acceptors (Lipinski definition) is 2. The average Bonchev–Trinajstić information content (AvgIpc) is 1.96. The molecule has 0 spiro atoms. The minimum Gasteiger partial charge on any atom is -0.356 e. The summed E-state index contributed by atoms with van der Waals surface area (Å²) in [5.41, 5.74) is 0. The smallest absolute Gasteiger partial charge is 0.223 e. The highest BCUT2D eigenvalue weighted by Gasteiger charge is 2.28. The van der Waals surface area contributed by atoms with E-state index in [2.05, 4.69) is 17.6 Å². The van der Waals surface area contributed by atoms with Crippen molar-refractivity contribution < 1.29 is 4.79 Å². The summed E-state index contributed by atoms with van der Waals surface area (Å²) in [6.45, 7) is 6.89. The van der Waals surface area contributed by atoms with Crippen LogP contribution in [0.2, 0.25) is 0 Å². The second-order valence-electron chi connectivity index (χ2n) is 3.50. The Morgan fingerprint density at radius 1 is 1.67 bits per heavy atom. The minimum atomic E-state index is 0.179. The quantitative estimate of drug-likeness (QED) is 0.640. The van der Waals surface area contributed by atoms with Crippen molar-refractivity contribution in [3.05, 3.63) is 0 Å². The number of carbonyl (C=O) groups is 1. The Bertz CT molecular complexity index is 155. The van der Waals surface area contributed by atoms with Crippen LogP contribution < -0.4 is 10.6 Å². The van der Waals surface area contributed by atoms with Crippen molar-refractivity contribution in [2.75, 3.05) is 19.6 Å². The van der Waals surface area contributed by atoms with Gasteiger partial charge in [-0.05, 0) is 25.4 Å². The van der Waals surface area contributed by atoms with E-state index in [0.29, 0.717) is 5.92 Å². The van der Waals surface area contributed by atoms with Crippen LogP contribution >= 0.6 is 0 Å². The van der Waals surface area contributed by atoms with Crippen molar-refractivity contribution in [2.24, 2.45) is 11.8 Å². The normalized spacial score (nSPS) is 19.8. The van der Waals surface area contributed by atoms with Crippen molar-refractivity contribution in [1.82, 2.24) is 10.6 Å². The maximum Gasteiger partial charge on any atom is 0.223 e. The van der Waals surface area contributed by atoms with E-state index in [1.165, 1.54) is 0 Å². The van der Waals surface area contributed by atoms with Gasteiger partial charge in [-0.25, -0.2) is 0 Å². The standard InChI is InChI=1S/C9H18N2O/c1-3-4-11-9(12)7(2)8-5-10-6-8/h7-8,10H,3-6H2,1-2H3,(H,11,12). The monoisotopic (exact) mass is 170 g/mol. The predicted octanol–water partition coefficient (Wildman–Crippen LogP) is 0.368. The van der Waals surface area contributed by atoms with Crippen LogP contribution in [0.1, 0.15) is 20.3 Å². The zero-order chi connectivity index (χ0) is 8.97. The Kier molecular flexibility index (Phi) is 3.53. The molecule has 12 heavy (non-hydrogen) atoms. The van der Waals surface area contributed by atoms with E-state index in [1.807, 2.05) is 6.92 Å². The zero-order valence-electron chi connectivity index (χ0n) is 7.89. The lowest BCUT2D eigenvalue weighted by molar-refractivity contribution is -0.126. The maximum atomic E-state index is 11.4. The van der Waals surface area contributed by atoms with Gasteiger partial charge in [-0.3, -0.25) is 4.79 Å². The van der Waals surface area contributed by atoms with Crippen LogP contribution in [0.15, 0.2) is 0 Å². The third-order valence-corrected chi connectivity index (χ3v) is 2.48. The van der Waals surface area contributed by atoms with Gasteiger partial charge in [0, 0.05) is 12.5 Å². The molecule has 0 aromatic carbocycles. The fraction of sp³-hybridized carbons (Fsp3) is 0.889. The van der Waals surface area contributed by atoms with E-state index in [4.69, 9.17) is 0 Å². The third-order valence-electron chi connectivity index (χ3n) is 2.48. The Hall–Kier alpha value is -0.570. The summed E-state index contributed by atoms with van der Waals surface area (Å²) in [4.78, 5) is 11.4. The van der Waals surface area contributed by atoms with Crippen LogP contribution in [-0.4, -0.2) is 25.5 Å². The van der Waals surface area contributed by atoms with Crippen LogP contribution in [0.3, 0.4) is 0 Å². The lowest BCUT2D eigenvalue weighted by Gasteiger charge is -2.31. The van der Waals surface area contributed by atoms with Crippen LogP contribution in [-0.2, 0) is 4.79 Å². The molecule has 1 heterocycles. The SMILES string of the molecule is CCCNC(=O)C(C)C1CNC1. The maximum absolute atomic E-state index is 11.4. The lowest BCUT2D eigenvalue weighted by Crippen LogP contribution is -2.49. The van der Waals surface area contributed by atoms with Crippen molar-refractivity contribution in [3.8, 4) is 0 Å². The molecular formula is C9H18N2O. The first-order chi connectivity index (χ1) is 5.75. The summed E-state index contributed by atoms with van der Waals surface area (Å²) in [7, 11) is 0. The zero-order valence-corrected chi connectivity index (χ0v) is 7.89. The van der Waals surface area contributed by atoms with Crippen LogP contribution in [0.25, 0.3) is 0 Å². The second kappa shape index (κ2) is 4.45. The summed E-state index contributed by atoms with van der Waals surface area (Å²) in [5.74, 6) is 0.947. The molecule has 1 saturated heterocycles. The average molecular weight is 170 g/mol. The molecule has 0 bridgehead atoms. The van der Waals surface area contributed by atoms with Gasteiger partial charge in [-0.1, -0.05) is 13.8 Å². The molecule has 1 fully saturated rings. The molecule has 1 unspecified atom stereocenters. The first-order valence-corrected chi connectivity index (χ1v) is 4.74. The molecule has 0 radical (unpaired) electrons. The summed E-state index contributed by atoms with van der Waals surface area (Å²) >= 11 is 0. The van der Waals surface area contributed by atoms with Crippen LogP contribution in [0, 0.1) is 11.8 Å². The molecule has 1 atom stereocenters. The number of carbonyl (C=O) groups excluding carboxylic acids is 1. The number of nitrogens with one attached hydrogen (secondary N) is 2. The Morgan fingerprint density at radius 3 is 2.75 bits per heavy atom. The molecule has 1 rings (SSSR count). The van der Waals surface area contributed by atoms with Gasteiger partial charge >= 0.3 is 0 Å².